The SMILES string of the molecule is CS(=O)(=O)O.Cc1ccc2c(c1)c1c(n2C)C2=CNC(C)N2CC1. The predicted molar refractivity (Wildman–Crippen MR) is 96.1 cm³/mol. The zero-order chi connectivity index (χ0) is 17.6. The van der Waals surface area contributed by atoms with Gasteiger partial charge in [-0.15, -0.1) is 0 Å². The number of benzene rings is 1. The zero-order valence-electron chi connectivity index (χ0n) is 14.4. The van der Waals surface area contributed by atoms with Crippen molar-refractivity contribution in [1.29, 1.82) is 0 Å². The van der Waals surface area contributed by atoms with Crippen LogP contribution in [0.2, 0.25) is 0 Å². The molecule has 0 amide bonds. The second-order valence-corrected chi connectivity index (χ2v) is 7.92. The Kier molecular flexibility index (Phi) is 4.09. The fraction of sp³-hybridized carbons (Fsp3) is 0.412. The molecule has 0 saturated heterocycles. The van der Waals surface area contributed by atoms with E-state index in [1.807, 2.05) is 0 Å². The van der Waals surface area contributed by atoms with Gasteiger partial charge in [-0.3, -0.25) is 4.55 Å². The Morgan fingerprint density at radius 3 is 2.67 bits per heavy atom. The summed E-state index contributed by atoms with van der Waals surface area (Å²) in [6.07, 6.45) is 4.45. The minimum Gasteiger partial charge on any atom is -0.370 e. The van der Waals surface area contributed by atoms with E-state index in [0.717, 1.165) is 13.0 Å². The first-order valence-electron chi connectivity index (χ1n) is 7.90. The molecular weight excluding hydrogens is 326 g/mol. The van der Waals surface area contributed by atoms with Crippen LogP contribution in [0, 0.1) is 6.92 Å². The molecule has 3 heterocycles. The molecule has 24 heavy (non-hydrogen) atoms. The molecule has 0 bridgehead atoms. The number of nitrogens with one attached hydrogen (secondary N) is 1. The highest BCUT2D eigenvalue weighted by molar-refractivity contribution is 7.85. The van der Waals surface area contributed by atoms with Crippen molar-refractivity contribution < 1.29 is 13.0 Å². The maximum Gasteiger partial charge on any atom is 0.261 e. The average Bonchev–Trinajstić information content (AvgIpc) is 2.97. The molecule has 1 unspecified atom stereocenters. The molecule has 0 saturated carbocycles. The second kappa shape index (κ2) is 5.82. The molecule has 130 valence electrons. The first kappa shape index (κ1) is 16.9. The van der Waals surface area contributed by atoms with Gasteiger partial charge in [0.15, 0.2) is 0 Å². The van der Waals surface area contributed by atoms with E-state index in [1.165, 1.54) is 33.4 Å². The Morgan fingerprint density at radius 2 is 2.00 bits per heavy atom. The molecule has 0 spiro atoms. The highest BCUT2D eigenvalue weighted by Gasteiger charge is 2.32. The number of aromatic nitrogens is 1. The standard InChI is InChI=1S/C16H19N3.CH4O3S/c1-10-4-5-14-13(8-10)12-6-7-19-11(2)17-9-15(19)16(12)18(14)3;1-5(2,3)4/h4-5,8-9,11,17H,6-7H2,1-3H3;1H3,(H,2,3,4). The third kappa shape index (κ3) is 3.01. The Bertz CT molecular complexity index is 920. The van der Waals surface area contributed by atoms with Gasteiger partial charge in [0.05, 0.1) is 23.8 Å². The second-order valence-electron chi connectivity index (χ2n) is 6.46. The molecule has 0 fully saturated rings. The quantitative estimate of drug-likeness (QED) is 0.713. The highest BCUT2D eigenvalue weighted by atomic mass is 32.2. The molecule has 0 aliphatic carbocycles. The van der Waals surface area contributed by atoms with E-state index in [2.05, 4.69) is 60.1 Å². The zero-order valence-corrected chi connectivity index (χ0v) is 15.2. The molecule has 2 aromatic rings. The van der Waals surface area contributed by atoms with E-state index in [1.54, 1.807) is 0 Å². The van der Waals surface area contributed by atoms with Crippen LogP contribution in [0.5, 0.6) is 0 Å². The number of hydrogen-bond acceptors (Lipinski definition) is 4. The van der Waals surface area contributed by atoms with Crippen molar-refractivity contribution in [3.63, 3.8) is 0 Å². The summed E-state index contributed by atoms with van der Waals surface area (Å²) in [5.74, 6) is 0. The molecule has 2 N–H and O–H groups in total. The normalized spacial score (nSPS) is 19.1. The van der Waals surface area contributed by atoms with Crippen molar-refractivity contribution in [1.82, 2.24) is 14.8 Å². The van der Waals surface area contributed by atoms with Gasteiger partial charge in [0, 0.05) is 30.7 Å². The van der Waals surface area contributed by atoms with Crippen LogP contribution < -0.4 is 5.32 Å². The molecular formula is C17H23N3O3S. The van der Waals surface area contributed by atoms with Gasteiger partial charge in [-0.1, -0.05) is 11.6 Å². The Labute approximate surface area is 142 Å². The lowest BCUT2D eigenvalue weighted by atomic mass is 10.0. The van der Waals surface area contributed by atoms with Crippen LogP contribution in [-0.2, 0) is 23.6 Å². The molecule has 7 heteroatoms. The molecule has 6 nitrogen and oxygen atoms in total. The van der Waals surface area contributed by atoms with E-state index in [4.69, 9.17) is 4.55 Å². The van der Waals surface area contributed by atoms with Gasteiger partial charge < -0.3 is 14.8 Å². The number of aryl methyl sites for hydroxylation is 2. The van der Waals surface area contributed by atoms with Crippen LogP contribution in [0.25, 0.3) is 16.6 Å². The lowest BCUT2D eigenvalue weighted by Crippen LogP contribution is -2.37. The molecule has 1 aromatic carbocycles. The summed E-state index contributed by atoms with van der Waals surface area (Å²) < 4.78 is 28.2. The first-order chi connectivity index (χ1) is 11.2. The summed E-state index contributed by atoms with van der Waals surface area (Å²) >= 11 is 0. The van der Waals surface area contributed by atoms with E-state index in [0.29, 0.717) is 12.4 Å². The number of fused-ring (bicyclic) bond motifs is 5. The smallest absolute Gasteiger partial charge is 0.261 e. The lowest BCUT2D eigenvalue weighted by molar-refractivity contribution is 0.307. The highest BCUT2D eigenvalue weighted by Crippen LogP contribution is 2.38. The number of rotatable bonds is 0. The van der Waals surface area contributed by atoms with Crippen molar-refractivity contribution in [2.45, 2.75) is 26.4 Å². The topological polar surface area (TPSA) is 74.6 Å². The van der Waals surface area contributed by atoms with Crippen molar-refractivity contribution in [3.8, 4) is 0 Å². The van der Waals surface area contributed by atoms with E-state index in [9.17, 15) is 8.42 Å². The van der Waals surface area contributed by atoms with Gasteiger partial charge in [-0.2, -0.15) is 8.42 Å². The maximum absolute atomic E-state index is 9.19. The van der Waals surface area contributed by atoms with E-state index >= 15 is 0 Å². The van der Waals surface area contributed by atoms with Crippen molar-refractivity contribution in [2.24, 2.45) is 7.05 Å². The van der Waals surface area contributed by atoms with Crippen molar-refractivity contribution in [3.05, 3.63) is 41.2 Å². The average molecular weight is 349 g/mol. The monoisotopic (exact) mass is 349 g/mol. The van der Waals surface area contributed by atoms with E-state index < -0.39 is 10.1 Å². The summed E-state index contributed by atoms with van der Waals surface area (Å²) in [5, 5.41) is 4.86. The van der Waals surface area contributed by atoms with Crippen LogP contribution in [0.1, 0.15) is 23.7 Å². The summed E-state index contributed by atoms with van der Waals surface area (Å²) in [7, 11) is -1.48. The summed E-state index contributed by atoms with van der Waals surface area (Å²) in [4.78, 5) is 2.47. The third-order valence-corrected chi connectivity index (χ3v) is 4.54. The van der Waals surface area contributed by atoms with Crippen LogP contribution >= 0.6 is 0 Å². The van der Waals surface area contributed by atoms with Gasteiger partial charge in [0.2, 0.25) is 0 Å². The number of hydrogen-bond donors (Lipinski definition) is 2. The Balaban J connectivity index is 0.000000300. The minimum absolute atomic E-state index is 0.419. The van der Waals surface area contributed by atoms with Crippen molar-refractivity contribution in [2.75, 3.05) is 12.8 Å². The Morgan fingerprint density at radius 1 is 1.33 bits per heavy atom. The van der Waals surface area contributed by atoms with Gasteiger partial charge in [0.1, 0.15) is 0 Å². The molecule has 1 aromatic heterocycles. The third-order valence-electron chi connectivity index (χ3n) is 4.54. The molecule has 4 rings (SSSR count). The van der Waals surface area contributed by atoms with Gasteiger partial charge in [0.25, 0.3) is 10.1 Å². The van der Waals surface area contributed by atoms with Crippen molar-refractivity contribution >= 4 is 26.7 Å². The molecule has 0 radical (unpaired) electrons. The van der Waals surface area contributed by atoms with Crippen LogP contribution in [0.3, 0.4) is 0 Å². The summed E-state index contributed by atoms with van der Waals surface area (Å²) in [6, 6.07) is 6.78. The van der Waals surface area contributed by atoms with Crippen LogP contribution in [-0.4, -0.2) is 41.4 Å². The fourth-order valence-electron chi connectivity index (χ4n) is 3.55. The first-order valence-corrected chi connectivity index (χ1v) is 9.75. The van der Waals surface area contributed by atoms with Crippen LogP contribution in [0.4, 0.5) is 0 Å². The van der Waals surface area contributed by atoms with Crippen LogP contribution in [0.15, 0.2) is 24.4 Å². The summed E-state index contributed by atoms with van der Waals surface area (Å²) in [5.41, 5.74) is 6.95. The Hall–Kier alpha value is -1.99. The molecule has 1 atom stereocenters. The lowest BCUT2D eigenvalue weighted by Gasteiger charge is -2.31. The minimum atomic E-state index is -3.67. The fourth-order valence-corrected chi connectivity index (χ4v) is 3.55. The molecule has 2 aliphatic heterocycles. The summed E-state index contributed by atoms with van der Waals surface area (Å²) in [6.45, 7) is 5.51. The van der Waals surface area contributed by atoms with Gasteiger partial charge in [-0.25, -0.2) is 0 Å². The number of nitrogens with zero attached hydrogens (tertiary/aromatic N) is 2. The van der Waals surface area contributed by atoms with E-state index in [-0.39, 0.29) is 0 Å². The predicted octanol–water partition coefficient (Wildman–Crippen LogP) is 2.10. The van der Waals surface area contributed by atoms with Gasteiger partial charge in [-0.05, 0) is 38.0 Å². The largest absolute Gasteiger partial charge is 0.370 e. The molecule has 2 aliphatic rings. The maximum atomic E-state index is 9.19. The van der Waals surface area contributed by atoms with Gasteiger partial charge >= 0.3 is 0 Å².